The van der Waals surface area contributed by atoms with E-state index in [0.717, 1.165) is 9.26 Å². The topological polar surface area (TPSA) is 95.4 Å². The number of fused-ring (bicyclic) bond motifs is 2. The van der Waals surface area contributed by atoms with Crippen LogP contribution in [-0.4, -0.2) is 29.7 Å². The zero-order chi connectivity index (χ0) is 20.8. The van der Waals surface area contributed by atoms with Gasteiger partial charge in [0.25, 0.3) is 0 Å². The molecule has 0 radical (unpaired) electrons. The predicted octanol–water partition coefficient (Wildman–Crippen LogP) is 4.98. The molecule has 0 bridgehead atoms. The van der Waals surface area contributed by atoms with Crippen molar-refractivity contribution < 1.29 is 0 Å². The minimum Gasteiger partial charge on any atom is -0.383 e. The Morgan fingerprint density at radius 3 is 2.60 bits per heavy atom. The Morgan fingerprint density at radius 2 is 1.77 bits per heavy atom. The zero-order valence-corrected chi connectivity index (χ0v) is 18.9. The van der Waals surface area contributed by atoms with Gasteiger partial charge in [0.15, 0.2) is 5.65 Å². The summed E-state index contributed by atoms with van der Waals surface area (Å²) in [5.41, 5.74) is 10.1. The van der Waals surface area contributed by atoms with E-state index in [1.807, 2.05) is 36.4 Å². The predicted molar refractivity (Wildman–Crippen MR) is 127 cm³/mol. The van der Waals surface area contributed by atoms with Crippen LogP contribution in [0.2, 0.25) is 10.0 Å². The van der Waals surface area contributed by atoms with Crippen LogP contribution in [0.5, 0.6) is 0 Å². The molecule has 0 aliphatic carbocycles. The molecule has 0 unspecified atom stereocenters. The van der Waals surface area contributed by atoms with Crippen LogP contribution >= 0.6 is 45.8 Å². The van der Waals surface area contributed by atoms with E-state index in [9.17, 15) is 0 Å². The molecule has 0 saturated carbocycles. The lowest BCUT2D eigenvalue weighted by Gasteiger charge is -2.12. The number of halogens is 3. The second-order valence-electron chi connectivity index (χ2n) is 6.51. The number of nitrogen functional groups attached to an aromatic ring is 1. The fourth-order valence-electron chi connectivity index (χ4n) is 3.30. The first-order valence-electron chi connectivity index (χ1n) is 8.85. The van der Waals surface area contributed by atoms with Crippen LogP contribution in [0.1, 0.15) is 5.69 Å². The maximum Gasteiger partial charge on any atom is 0.164 e. The van der Waals surface area contributed by atoms with E-state index in [1.54, 1.807) is 10.7 Å². The molecule has 0 fully saturated rings. The number of hydrogen-bond acceptors (Lipinski definition) is 6. The Hall–Kier alpha value is -2.56. The van der Waals surface area contributed by atoms with Crippen LogP contribution in [0.25, 0.3) is 33.3 Å². The van der Waals surface area contributed by atoms with Gasteiger partial charge in [-0.3, -0.25) is 0 Å². The fraction of sp³-hybridized carbons (Fsp3) is 0.0500. The van der Waals surface area contributed by atoms with Crippen molar-refractivity contribution in [3.63, 3.8) is 0 Å². The van der Waals surface area contributed by atoms with Crippen LogP contribution in [0.3, 0.4) is 0 Å². The van der Waals surface area contributed by atoms with Crippen molar-refractivity contribution in [3.8, 4) is 11.3 Å². The van der Waals surface area contributed by atoms with Gasteiger partial charge in [0.05, 0.1) is 38.9 Å². The normalized spacial score (nSPS) is 11.4. The molecule has 5 rings (SSSR count). The largest absolute Gasteiger partial charge is 0.383 e. The Morgan fingerprint density at radius 1 is 0.967 bits per heavy atom. The monoisotopic (exact) mass is 547 g/mol. The summed E-state index contributed by atoms with van der Waals surface area (Å²) in [6.07, 6.45) is 1.42. The van der Waals surface area contributed by atoms with Gasteiger partial charge in [0, 0.05) is 5.56 Å². The number of benzene rings is 2. The highest BCUT2D eigenvalue weighted by atomic mass is 127. The van der Waals surface area contributed by atoms with Gasteiger partial charge in [0.2, 0.25) is 0 Å². The first-order chi connectivity index (χ1) is 14.5. The van der Waals surface area contributed by atoms with Gasteiger partial charge < -0.3 is 5.73 Å². The van der Waals surface area contributed by atoms with Crippen molar-refractivity contribution in [1.82, 2.24) is 29.7 Å². The van der Waals surface area contributed by atoms with Gasteiger partial charge in [-0.2, -0.15) is 5.10 Å². The van der Waals surface area contributed by atoms with Crippen LogP contribution in [0.4, 0.5) is 5.82 Å². The Kier molecular flexibility index (Phi) is 4.92. The zero-order valence-electron chi connectivity index (χ0n) is 15.2. The third-order valence-electron chi connectivity index (χ3n) is 4.66. The number of nitrogens with zero attached hydrogens (tertiary/aromatic N) is 6. The molecule has 0 atom stereocenters. The summed E-state index contributed by atoms with van der Waals surface area (Å²) in [7, 11) is 0. The second kappa shape index (κ2) is 7.60. The highest BCUT2D eigenvalue weighted by Gasteiger charge is 2.19. The van der Waals surface area contributed by atoms with Crippen LogP contribution in [-0.2, 0) is 6.54 Å². The first kappa shape index (κ1) is 19.4. The molecule has 3 heterocycles. The summed E-state index contributed by atoms with van der Waals surface area (Å²) < 4.78 is 2.47. The summed E-state index contributed by atoms with van der Waals surface area (Å²) in [5.74, 6) is 0.387. The molecule has 0 aliphatic rings. The highest BCUT2D eigenvalue weighted by molar-refractivity contribution is 14.1. The second-order valence-corrected chi connectivity index (χ2v) is 8.35. The van der Waals surface area contributed by atoms with E-state index < -0.39 is 0 Å². The van der Waals surface area contributed by atoms with Crippen LogP contribution < -0.4 is 5.73 Å². The van der Waals surface area contributed by atoms with Crippen LogP contribution in [0.15, 0.2) is 48.8 Å². The van der Waals surface area contributed by atoms with Gasteiger partial charge in [-0.25, -0.2) is 24.6 Å². The van der Waals surface area contributed by atoms with E-state index in [4.69, 9.17) is 38.9 Å². The average Bonchev–Trinajstić information content (AvgIpc) is 3.05. The molecular formula is C20H12Cl2IN7. The third-order valence-corrected chi connectivity index (χ3v) is 6.05. The van der Waals surface area contributed by atoms with Gasteiger partial charge in [-0.05, 0) is 40.8 Å². The van der Waals surface area contributed by atoms with Crippen LogP contribution in [0, 0.1) is 3.70 Å². The minimum atomic E-state index is 0.325. The highest BCUT2D eigenvalue weighted by Crippen LogP contribution is 2.32. The smallest absolute Gasteiger partial charge is 0.164 e. The third kappa shape index (κ3) is 3.24. The van der Waals surface area contributed by atoms with Crippen molar-refractivity contribution in [2.75, 3.05) is 5.73 Å². The lowest BCUT2D eigenvalue weighted by molar-refractivity contribution is 0.684. The molecule has 0 spiro atoms. The van der Waals surface area contributed by atoms with E-state index >= 15 is 0 Å². The molecule has 2 aromatic carbocycles. The molecule has 2 N–H and O–H groups in total. The Labute approximate surface area is 194 Å². The van der Waals surface area contributed by atoms with Gasteiger partial charge in [-0.1, -0.05) is 47.5 Å². The molecular weight excluding hydrogens is 536 g/mol. The molecule has 5 aromatic rings. The van der Waals surface area contributed by atoms with E-state index in [0.29, 0.717) is 55.9 Å². The molecule has 148 valence electrons. The maximum atomic E-state index is 6.48. The summed E-state index contributed by atoms with van der Waals surface area (Å²) in [6, 6.07) is 13.0. The van der Waals surface area contributed by atoms with Crippen molar-refractivity contribution in [1.29, 1.82) is 0 Å². The van der Waals surface area contributed by atoms with Gasteiger partial charge >= 0.3 is 0 Å². The summed E-state index contributed by atoms with van der Waals surface area (Å²) in [6.45, 7) is 0.325. The van der Waals surface area contributed by atoms with Crippen molar-refractivity contribution in [2.24, 2.45) is 0 Å². The number of rotatable bonds is 3. The maximum absolute atomic E-state index is 6.48. The number of para-hydroxylation sites is 1. The standard InChI is InChI=1S/C20H12Cl2IN7/c21-11-5-2-1-4-10(11)16-14(27-13-7-3-6-12(22)17(13)28-16)8-30-20-15(18(23)29-30)19(24)25-9-26-20/h1-7,9H,8H2,(H2,24,25,26). The Bertz CT molecular complexity index is 1430. The molecule has 3 aromatic heterocycles. The molecule has 7 nitrogen and oxygen atoms in total. The fourth-order valence-corrected chi connectivity index (χ4v) is 4.51. The molecule has 30 heavy (non-hydrogen) atoms. The quantitative estimate of drug-likeness (QED) is 0.320. The first-order valence-corrected chi connectivity index (χ1v) is 10.7. The van der Waals surface area contributed by atoms with Crippen molar-refractivity contribution in [3.05, 3.63) is 68.2 Å². The average molecular weight is 548 g/mol. The van der Waals surface area contributed by atoms with E-state index in [-0.39, 0.29) is 0 Å². The number of nitrogens with two attached hydrogens (primary N) is 1. The number of anilines is 1. The van der Waals surface area contributed by atoms with E-state index in [2.05, 4.69) is 37.7 Å². The number of aromatic nitrogens is 6. The summed E-state index contributed by atoms with van der Waals surface area (Å²) in [4.78, 5) is 18.1. The van der Waals surface area contributed by atoms with Gasteiger partial charge in [0.1, 0.15) is 21.4 Å². The lowest BCUT2D eigenvalue weighted by atomic mass is 10.1. The Balaban J connectivity index is 1.76. The molecule has 0 amide bonds. The lowest BCUT2D eigenvalue weighted by Crippen LogP contribution is -2.08. The van der Waals surface area contributed by atoms with Gasteiger partial charge in [-0.15, -0.1) is 0 Å². The summed E-state index contributed by atoms with van der Waals surface area (Å²) in [5, 5.41) is 6.41. The molecule has 0 saturated heterocycles. The van der Waals surface area contributed by atoms with E-state index in [1.165, 1.54) is 6.33 Å². The SMILES string of the molecule is Nc1ncnc2c1c(I)nn2Cc1nc2cccc(Cl)c2nc1-c1ccccc1Cl. The van der Waals surface area contributed by atoms with Crippen molar-refractivity contribution in [2.45, 2.75) is 6.54 Å². The molecule has 0 aliphatic heterocycles. The summed E-state index contributed by atoms with van der Waals surface area (Å²) >= 11 is 15.0. The number of hydrogen-bond donors (Lipinski definition) is 1. The molecule has 10 heteroatoms. The minimum absolute atomic E-state index is 0.325. The van der Waals surface area contributed by atoms with Crippen molar-refractivity contribution >= 4 is 73.7 Å².